The predicted molar refractivity (Wildman–Crippen MR) is 95.0 cm³/mol. The zero-order valence-electron chi connectivity index (χ0n) is 14.8. The molecule has 1 saturated heterocycles. The zero-order valence-corrected chi connectivity index (χ0v) is 15.6. The normalized spacial score (nSPS) is 24.1. The Morgan fingerprint density at radius 3 is 2.81 bits per heavy atom. The molecule has 148 valence electrons. The summed E-state index contributed by atoms with van der Waals surface area (Å²) in [5.41, 5.74) is 0.767. The molecule has 4 rings (SSSR count). The maximum atomic E-state index is 12.4. The number of rotatable bonds is 7. The minimum absolute atomic E-state index is 0.00906. The summed E-state index contributed by atoms with van der Waals surface area (Å²) in [6.45, 7) is -2.85. The van der Waals surface area contributed by atoms with Crippen LogP contribution >= 0.6 is 0 Å². The van der Waals surface area contributed by atoms with Gasteiger partial charge in [-0.2, -0.15) is 13.1 Å². The first-order valence-corrected chi connectivity index (χ1v) is 10.4. The van der Waals surface area contributed by atoms with Crippen LogP contribution in [0.3, 0.4) is 0 Å². The van der Waals surface area contributed by atoms with Gasteiger partial charge in [0.15, 0.2) is 0 Å². The molecule has 8 nitrogen and oxygen atoms in total. The third-order valence-corrected chi connectivity index (χ3v) is 7.35. The Bertz CT molecular complexity index is 910. The molecule has 27 heavy (non-hydrogen) atoms. The molecule has 3 heterocycles. The van der Waals surface area contributed by atoms with Crippen LogP contribution in [-0.2, 0) is 14.8 Å². The van der Waals surface area contributed by atoms with Crippen molar-refractivity contribution in [2.24, 2.45) is 5.92 Å². The molecule has 0 bridgehead atoms. The van der Waals surface area contributed by atoms with Gasteiger partial charge < -0.3 is 14.6 Å². The van der Waals surface area contributed by atoms with E-state index in [-0.39, 0.29) is 30.8 Å². The van der Waals surface area contributed by atoms with Gasteiger partial charge >= 0.3 is 6.61 Å². The van der Waals surface area contributed by atoms with Crippen molar-refractivity contribution < 1.29 is 21.9 Å². The second-order valence-electron chi connectivity index (χ2n) is 7.15. The lowest BCUT2D eigenvalue weighted by Gasteiger charge is -2.43. The van der Waals surface area contributed by atoms with E-state index in [1.54, 1.807) is 0 Å². The van der Waals surface area contributed by atoms with Crippen LogP contribution in [0.5, 0.6) is 0 Å². The van der Waals surface area contributed by atoms with Crippen LogP contribution in [-0.4, -0.2) is 72.3 Å². The fourth-order valence-electron chi connectivity index (χ4n) is 3.73. The van der Waals surface area contributed by atoms with Gasteiger partial charge in [-0.3, -0.25) is 0 Å². The first-order chi connectivity index (χ1) is 12.8. The monoisotopic (exact) mass is 401 g/mol. The van der Waals surface area contributed by atoms with Crippen LogP contribution in [0.4, 0.5) is 14.6 Å². The Morgan fingerprint density at radius 1 is 1.37 bits per heavy atom. The van der Waals surface area contributed by atoms with Gasteiger partial charge in [0.05, 0.1) is 17.2 Å². The van der Waals surface area contributed by atoms with E-state index in [9.17, 15) is 17.2 Å². The Morgan fingerprint density at radius 2 is 2.11 bits per heavy atom. The Kier molecular flexibility index (Phi) is 4.77. The zero-order chi connectivity index (χ0) is 19.2. The molecule has 2 fully saturated rings. The van der Waals surface area contributed by atoms with E-state index in [1.807, 2.05) is 19.3 Å². The van der Waals surface area contributed by atoms with Crippen LogP contribution in [0.2, 0.25) is 0 Å². The molecule has 1 saturated carbocycles. The van der Waals surface area contributed by atoms with Crippen LogP contribution in [0.1, 0.15) is 12.8 Å². The van der Waals surface area contributed by atoms with Gasteiger partial charge in [-0.25, -0.2) is 18.4 Å². The summed E-state index contributed by atoms with van der Waals surface area (Å²) >= 11 is 0. The second-order valence-corrected chi connectivity index (χ2v) is 9.17. The third kappa shape index (κ3) is 3.63. The lowest BCUT2D eigenvalue weighted by Crippen LogP contribution is -2.57. The number of alkyl halides is 2. The van der Waals surface area contributed by atoms with Crippen molar-refractivity contribution >= 4 is 26.9 Å². The molecule has 0 aromatic carbocycles. The van der Waals surface area contributed by atoms with Crippen molar-refractivity contribution in [3.63, 3.8) is 0 Å². The molecule has 1 N–H and O–H groups in total. The Balaban J connectivity index is 1.30. The van der Waals surface area contributed by atoms with Crippen LogP contribution in [0, 0.1) is 5.92 Å². The molecular formula is C16H21F2N5O3S. The van der Waals surface area contributed by atoms with Gasteiger partial charge in [0, 0.05) is 32.4 Å². The number of nitrogens with one attached hydrogen (secondary N) is 1. The summed E-state index contributed by atoms with van der Waals surface area (Å²) in [6, 6.07) is 2.13. The molecule has 1 aliphatic heterocycles. The van der Waals surface area contributed by atoms with E-state index >= 15 is 0 Å². The van der Waals surface area contributed by atoms with Crippen molar-refractivity contribution in [3.05, 3.63) is 18.6 Å². The number of aromatic nitrogens is 3. The topological polar surface area (TPSA) is 91.4 Å². The number of fused-ring (bicyclic) bond motifs is 1. The van der Waals surface area contributed by atoms with Gasteiger partial charge in [0.25, 0.3) is 0 Å². The molecule has 0 radical (unpaired) electrons. The lowest BCUT2D eigenvalue weighted by molar-refractivity contribution is -0.185. The summed E-state index contributed by atoms with van der Waals surface area (Å²) in [7, 11) is -1.48. The fourth-order valence-corrected chi connectivity index (χ4v) is 5.59. The summed E-state index contributed by atoms with van der Waals surface area (Å²) < 4.78 is 54.6. The largest absolute Gasteiger partial charge is 0.356 e. The predicted octanol–water partition coefficient (Wildman–Crippen LogP) is 1.43. The number of ether oxygens (including phenoxy) is 1. The first kappa shape index (κ1) is 18.5. The van der Waals surface area contributed by atoms with Crippen molar-refractivity contribution in [1.29, 1.82) is 0 Å². The number of hydrogen-bond donors (Lipinski definition) is 1. The SMILES string of the molecule is CN(c1ncnc2[nH]ccc12)[C@H]1C[C@H](CS(=O)(=O)N2CC(OC(F)F)C2)C1. The molecule has 0 atom stereocenters. The minimum atomic E-state index is -3.43. The molecule has 11 heteroatoms. The summed E-state index contributed by atoms with van der Waals surface area (Å²) in [4.78, 5) is 13.6. The molecule has 0 spiro atoms. The number of halogens is 2. The molecule has 0 unspecified atom stereocenters. The van der Waals surface area contributed by atoms with Crippen LogP contribution in [0.15, 0.2) is 18.6 Å². The molecule has 0 amide bonds. The molecular weight excluding hydrogens is 380 g/mol. The number of aromatic amines is 1. The fraction of sp³-hybridized carbons (Fsp3) is 0.625. The maximum absolute atomic E-state index is 12.4. The highest BCUT2D eigenvalue weighted by Crippen LogP contribution is 2.36. The number of nitrogens with zero attached hydrogens (tertiary/aromatic N) is 4. The summed E-state index contributed by atoms with van der Waals surface area (Å²) in [5.74, 6) is 0.922. The molecule has 2 aromatic rings. The first-order valence-electron chi connectivity index (χ1n) is 8.76. The highest BCUT2D eigenvalue weighted by atomic mass is 32.2. The van der Waals surface area contributed by atoms with Gasteiger partial charge in [0.1, 0.15) is 17.8 Å². The van der Waals surface area contributed by atoms with E-state index < -0.39 is 22.7 Å². The number of anilines is 1. The highest BCUT2D eigenvalue weighted by molar-refractivity contribution is 7.89. The number of hydrogen-bond acceptors (Lipinski definition) is 6. The van der Waals surface area contributed by atoms with Crippen LogP contribution in [0.25, 0.3) is 11.0 Å². The maximum Gasteiger partial charge on any atom is 0.345 e. The quantitative estimate of drug-likeness (QED) is 0.755. The summed E-state index contributed by atoms with van der Waals surface area (Å²) in [6.07, 6.45) is 4.10. The van der Waals surface area contributed by atoms with Gasteiger partial charge in [-0.05, 0) is 24.8 Å². The number of sulfonamides is 1. The highest BCUT2D eigenvalue weighted by Gasteiger charge is 2.42. The standard InChI is InChI=1S/C16H21F2N5O3S/c1-22(15-13-2-3-19-14(13)20-9-21-15)11-4-10(5-11)8-27(24,25)23-6-12(7-23)26-16(17)18/h2-3,9-12,16H,4-8H2,1H3,(H,19,20,21)/t10-,11-. The van der Waals surface area contributed by atoms with Crippen LogP contribution < -0.4 is 4.90 Å². The van der Waals surface area contributed by atoms with Gasteiger partial charge in [-0.15, -0.1) is 0 Å². The molecule has 2 aliphatic rings. The van der Waals surface area contributed by atoms with Crippen molar-refractivity contribution in [2.45, 2.75) is 31.6 Å². The summed E-state index contributed by atoms with van der Waals surface area (Å²) in [5, 5.41) is 0.932. The van der Waals surface area contributed by atoms with E-state index in [1.165, 1.54) is 10.6 Å². The average Bonchev–Trinajstić information content (AvgIpc) is 3.01. The second kappa shape index (κ2) is 6.95. The Hall–Kier alpha value is -1.85. The number of H-pyrrole nitrogens is 1. The van der Waals surface area contributed by atoms with Gasteiger partial charge in [0.2, 0.25) is 10.0 Å². The van der Waals surface area contributed by atoms with E-state index in [2.05, 4.69) is 24.6 Å². The Labute approximate surface area is 155 Å². The smallest absolute Gasteiger partial charge is 0.345 e. The van der Waals surface area contributed by atoms with Crippen molar-refractivity contribution in [1.82, 2.24) is 19.3 Å². The van der Waals surface area contributed by atoms with Crippen molar-refractivity contribution in [3.8, 4) is 0 Å². The van der Waals surface area contributed by atoms with E-state index in [0.717, 1.165) is 29.7 Å². The van der Waals surface area contributed by atoms with E-state index in [4.69, 9.17) is 0 Å². The van der Waals surface area contributed by atoms with E-state index in [0.29, 0.717) is 0 Å². The molecule has 2 aromatic heterocycles. The average molecular weight is 401 g/mol. The van der Waals surface area contributed by atoms with Crippen molar-refractivity contribution in [2.75, 3.05) is 30.8 Å². The lowest BCUT2D eigenvalue weighted by atomic mass is 9.81. The van der Waals surface area contributed by atoms with Gasteiger partial charge in [-0.1, -0.05) is 0 Å². The third-order valence-electron chi connectivity index (χ3n) is 5.38. The minimum Gasteiger partial charge on any atom is -0.356 e. The molecule has 1 aliphatic carbocycles.